The third-order valence-electron chi connectivity index (χ3n) is 5.71. The maximum absolute atomic E-state index is 5.20. The van der Waals surface area contributed by atoms with Crippen LogP contribution in [-0.2, 0) is 11.3 Å². The molecule has 0 saturated heterocycles. The van der Waals surface area contributed by atoms with Crippen LogP contribution in [0.15, 0.2) is 6.33 Å². The van der Waals surface area contributed by atoms with Gasteiger partial charge in [0.1, 0.15) is 12.2 Å². The van der Waals surface area contributed by atoms with Gasteiger partial charge in [-0.3, -0.25) is 0 Å². The molecule has 4 heteroatoms. The van der Waals surface area contributed by atoms with Crippen LogP contribution in [0.1, 0.15) is 43.8 Å². The van der Waals surface area contributed by atoms with Crippen LogP contribution < -0.4 is 0 Å². The van der Waals surface area contributed by atoms with E-state index in [9.17, 15) is 0 Å². The van der Waals surface area contributed by atoms with Crippen molar-refractivity contribution < 1.29 is 4.74 Å². The van der Waals surface area contributed by atoms with Gasteiger partial charge in [-0.2, -0.15) is 0 Å². The maximum atomic E-state index is 5.20. The van der Waals surface area contributed by atoms with Gasteiger partial charge in [-0.25, -0.2) is 0 Å². The molecular weight excluding hydrogens is 238 g/mol. The van der Waals surface area contributed by atoms with Crippen molar-refractivity contribution >= 4 is 0 Å². The highest BCUT2D eigenvalue weighted by molar-refractivity contribution is 5.11. The highest BCUT2D eigenvalue weighted by Gasteiger charge is 2.50. The van der Waals surface area contributed by atoms with E-state index in [1.54, 1.807) is 7.11 Å². The summed E-state index contributed by atoms with van der Waals surface area (Å²) >= 11 is 0. The van der Waals surface area contributed by atoms with Crippen molar-refractivity contribution in [2.75, 3.05) is 13.7 Å². The Morgan fingerprint density at radius 1 is 1.16 bits per heavy atom. The Morgan fingerprint density at radius 3 is 2.47 bits per heavy atom. The Balaban J connectivity index is 1.60. The minimum atomic E-state index is 0.673. The molecule has 4 fully saturated rings. The summed E-state index contributed by atoms with van der Waals surface area (Å²) in [5.74, 6) is 5.71. The number of aromatic nitrogens is 3. The molecule has 0 spiro atoms. The van der Waals surface area contributed by atoms with E-state index >= 15 is 0 Å². The van der Waals surface area contributed by atoms with Crippen molar-refractivity contribution in [3.63, 3.8) is 0 Å². The van der Waals surface area contributed by atoms with E-state index in [0.717, 1.165) is 36.8 Å². The summed E-state index contributed by atoms with van der Waals surface area (Å²) in [4.78, 5) is 0. The summed E-state index contributed by atoms with van der Waals surface area (Å²) in [5, 5.41) is 8.64. The molecule has 1 heterocycles. The van der Waals surface area contributed by atoms with Crippen molar-refractivity contribution in [3.8, 4) is 0 Å². The van der Waals surface area contributed by atoms with Crippen LogP contribution >= 0.6 is 0 Å². The lowest BCUT2D eigenvalue weighted by Gasteiger charge is -2.54. The van der Waals surface area contributed by atoms with E-state index in [4.69, 9.17) is 4.74 Å². The Morgan fingerprint density at radius 2 is 1.84 bits per heavy atom. The largest absolute Gasteiger partial charge is 0.383 e. The van der Waals surface area contributed by atoms with Crippen molar-refractivity contribution in [1.29, 1.82) is 0 Å². The third kappa shape index (κ3) is 1.92. The minimum absolute atomic E-state index is 0.673. The fourth-order valence-corrected chi connectivity index (χ4v) is 5.23. The molecule has 4 aliphatic rings. The normalized spacial score (nSPS) is 39.9. The fraction of sp³-hybridized carbons (Fsp3) is 0.867. The van der Waals surface area contributed by atoms with Crippen LogP contribution in [-0.4, -0.2) is 28.5 Å². The van der Waals surface area contributed by atoms with E-state index in [1.807, 2.05) is 6.33 Å². The van der Waals surface area contributed by atoms with Crippen LogP contribution in [0.2, 0.25) is 0 Å². The van der Waals surface area contributed by atoms with E-state index < -0.39 is 0 Å². The van der Waals surface area contributed by atoms with Gasteiger partial charge < -0.3 is 9.30 Å². The number of hydrogen-bond donors (Lipinski definition) is 0. The maximum Gasteiger partial charge on any atom is 0.136 e. The average Bonchev–Trinajstić information content (AvgIpc) is 2.83. The Kier molecular flexibility index (Phi) is 2.87. The molecular formula is C15H23N3O. The molecule has 19 heavy (non-hydrogen) atoms. The van der Waals surface area contributed by atoms with Gasteiger partial charge in [0.05, 0.1) is 6.61 Å². The standard InChI is InChI=1S/C15H23N3O/c1-19-3-2-18-9-16-17-15(18)14-12-5-10-4-11(7-12)8-13(14)6-10/h9-14H,2-8H2,1H3. The van der Waals surface area contributed by atoms with Crippen molar-refractivity contribution in [2.45, 2.75) is 44.6 Å². The first-order chi connectivity index (χ1) is 9.35. The van der Waals surface area contributed by atoms with E-state index in [-0.39, 0.29) is 0 Å². The van der Waals surface area contributed by atoms with Gasteiger partial charge in [0.25, 0.3) is 0 Å². The first kappa shape index (κ1) is 11.9. The summed E-state index contributed by atoms with van der Waals surface area (Å²) in [5.41, 5.74) is 0. The van der Waals surface area contributed by atoms with Crippen LogP contribution in [0.25, 0.3) is 0 Å². The average molecular weight is 261 g/mol. The zero-order chi connectivity index (χ0) is 12.8. The molecule has 104 valence electrons. The fourth-order valence-electron chi connectivity index (χ4n) is 5.23. The van der Waals surface area contributed by atoms with Gasteiger partial charge in [0, 0.05) is 19.6 Å². The number of ether oxygens (including phenoxy) is 1. The third-order valence-corrected chi connectivity index (χ3v) is 5.71. The predicted octanol–water partition coefficient (Wildman–Crippen LogP) is 2.46. The van der Waals surface area contributed by atoms with E-state index in [1.165, 1.54) is 37.9 Å². The van der Waals surface area contributed by atoms with E-state index in [2.05, 4.69) is 14.8 Å². The first-order valence-corrected chi connectivity index (χ1v) is 7.71. The minimum Gasteiger partial charge on any atom is -0.383 e. The number of hydrogen-bond acceptors (Lipinski definition) is 3. The van der Waals surface area contributed by atoms with Crippen LogP contribution in [0.3, 0.4) is 0 Å². The second-order valence-corrected chi connectivity index (χ2v) is 6.83. The Bertz CT molecular complexity index is 428. The molecule has 0 aromatic carbocycles. The Labute approximate surface area is 114 Å². The van der Waals surface area contributed by atoms with E-state index in [0.29, 0.717) is 5.92 Å². The Hall–Kier alpha value is -0.900. The molecule has 1 aromatic heterocycles. The van der Waals surface area contributed by atoms with Gasteiger partial charge in [0.15, 0.2) is 0 Å². The molecule has 4 saturated carbocycles. The molecule has 0 amide bonds. The smallest absolute Gasteiger partial charge is 0.136 e. The number of rotatable bonds is 4. The quantitative estimate of drug-likeness (QED) is 0.836. The highest BCUT2D eigenvalue weighted by Crippen LogP contribution is 2.59. The van der Waals surface area contributed by atoms with Gasteiger partial charge in [-0.1, -0.05) is 0 Å². The molecule has 0 N–H and O–H groups in total. The van der Waals surface area contributed by atoms with Crippen molar-refractivity contribution in [3.05, 3.63) is 12.2 Å². The summed E-state index contributed by atoms with van der Waals surface area (Å²) in [6.07, 6.45) is 9.16. The van der Waals surface area contributed by atoms with Crippen LogP contribution in [0, 0.1) is 23.7 Å². The highest BCUT2D eigenvalue weighted by atomic mass is 16.5. The lowest BCUT2D eigenvalue weighted by Crippen LogP contribution is -2.44. The lowest BCUT2D eigenvalue weighted by atomic mass is 9.51. The molecule has 0 radical (unpaired) electrons. The van der Waals surface area contributed by atoms with Gasteiger partial charge in [0.2, 0.25) is 0 Å². The van der Waals surface area contributed by atoms with Gasteiger partial charge in [-0.05, 0) is 55.8 Å². The predicted molar refractivity (Wildman–Crippen MR) is 71.7 cm³/mol. The van der Waals surface area contributed by atoms with Crippen LogP contribution in [0.4, 0.5) is 0 Å². The molecule has 1 aromatic rings. The molecule has 0 atom stereocenters. The summed E-state index contributed by atoms with van der Waals surface area (Å²) in [7, 11) is 1.76. The number of methoxy groups -OCH3 is 1. The van der Waals surface area contributed by atoms with Crippen molar-refractivity contribution in [2.24, 2.45) is 23.7 Å². The zero-order valence-electron chi connectivity index (χ0n) is 11.7. The SMILES string of the molecule is COCCn1cnnc1C1C2CC3CC(C2)CC1C3. The second kappa shape index (κ2) is 4.58. The van der Waals surface area contributed by atoms with Crippen molar-refractivity contribution in [1.82, 2.24) is 14.8 Å². The second-order valence-electron chi connectivity index (χ2n) is 6.83. The number of nitrogens with zero attached hydrogens (tertiary/aromatic N) is 3. The lowest BCUT2D eigenvalue weighted by molar-refractivity contribution is -0.00717. The van der Waals surface area contributed by atoms with Crippen LogP contribution in [0.5, 0.6) is 0 Å². The first-order valence-electron chi connectivity index (χ1n) is 7.71. The molecule has 5 rings (SSSR count). The van der Waals surface area contributed by atoms with Gasteiger partial charge in [-0.15, -0.1) is 10.2 Å². The molecule has 4 nitrogen and oxygen atoms in total. The topological polar surface area (TPSA) is 39.9 Å². The molecule has 0 aliphatic heterocycles. The molecule has 0 unspecified atom stereocenters. The summed E-state index contributed by atoms with van der Waals surface area (Å²) in [6.45, 7) is 1.64. The summed E-state index contributed by atoms with van der Waals surface area (Å²) in [6, 6.07) is 0. The summed E-state index contributed by atoms with van der Waals surface area (Å²) < 4.78 is 7.43. The van der Waals surface area contributed by atoms with Gasteiger partial charge >= 0.3 is 0 Å². The molecule has 4 aliphatic carbocycles. The molecule has 4 bridgehead atoms. The zero-order valence-corrected chi connectivity index (χ0v) is 11.7. The monoisotopic (exact) mass is 261 g/mol.